The summed E-state index contributed by atoms with van der Waals surface area (Å²) in [6, 6.07) is 1.64. The topological polar surface area (TPSA) is 56.9 Å². The fourth-order valence-electron chi connectivity index (χ4n) is 2.15. The normalized spacial score (nSPS) is 19.1. The number of hydrogen-bond acceptors (Lipinski definition) is 2. The highest BCUT2D eigenvalue weighted by Crippen LogP contribution is 2.13. The minimum Gasteiger partial charge on any atom is -0.356 e. The van der Waals surface area contributed by atoms with Crippen molar-refractivity contribution < 1.29 is 4.79 Å². The molecule has 1 aliphatic rings. The lowest BCUT2D eigenvalue weighted by Gasteiger charge is -2.22. The summed E-state index contributed by atoms with van der Waals surface area (Å²) in [6.07, 6.45) is 5.15. The third-order valence-electron chi connectivity index (χ3n) is 3.13. The van der Waals surface area contributed by atoms with Gasteiger partial charge in [-0.15, -0.1) is 12.4 Å². The maximum absolute atomic E-state index is 11.7. The Balaban J connectivity index is 0.00000162. The summed E-state index contributed by atoms with van der Waals surface area (Å²) in [6.45, 7) is 2.93. The summed E-state index contributed by atoms with van der Waals surface area (Å²) >= 11 is 5.74. The molecule has 0 saturated carbocycles. The van der Waals surface area contributed by atoms with Gasteiger partial charge >= 0.3 is 0 Å². The first-order chi connectivity index (χ1) is 8.25. The van der Waals surface area contributed by atoms with Crippen molar-refractivity contribution in [2.24, 2.45) is 5.92 Å². The molecule has 1 fully saturated rings. The molecule has 2 rings (SSSR count). The number of halogens is 2. The Morgan fingerprint density at radius 3 is 3.00 bits per heavy atom. The Kier molecular flexibility index (Phi) is 6.54. The summed E-state index contributed by atoms with van der Waals surface area (Å²) in [7, 11) is 0. The zero-order valence-electron chi connectivity index (χ0n) is 10.2. The molecule has 18 heavy (non-hydrogen) atoms. The Hall–Kier alpha value is -0.710. The van der Waals surface area contributed by atoms with E-state index in [2.05, 4.69) is 15.6 Å². The van der Waals surface area contributed by atoms with Crippen molar-refractivity contribution in [3.05, 3.63) is 23.0 Å². The second-order valence-corrected chi connectivity index (χ2v) is 4.92. The van der Waals surface area contributed by atoms with Crippen LogP contribution in [0.25, 0.3) is 0 Å². The average Bonchev–Trinajstić information content (AvgIpc) is 2.77. The van der Waals surface area contributed by atoms with Crippen LogP contribution in [0.5, 0.6) is 0 Å². The van der Waals surface area contributed by atoms with E-state index in [1.807, 2.05) is 0 Å². The van der Waals surface area contributed by atoms with Crippen molar-refractivity contribution in [3.8, 4) is 0 Å². The van der Waals surface area contributed by atoms with Crippen molar-refractivity contribution in [3.63, 3.8) is 0 Å². The molecule has 0 bridgehead atoms. The predicted molar refractivity (Wildman–Crippen MR) is 75.6 cm³/mol. The average molecular weight is 292 g/mol. The van der Waals surface area contributed by atoms with Crippen LogP contribution in [-0.2, 0) is 0 Å². The molecule has 2 heterocycles. The molecule has 0 spiro atoms. The number of hydrogen-bond donors (Lipinski definition) is 3. The van der Waals surface area contributed by atoms with E-state index in [1.165, 1.54) is 12.8 Å². The second kappa shape index (κ2) is 7.67. The van der Waals surface area contributed by atoms with Crippen molar-refractivity contribution in [2.75, 3.05) is 19.6 Å². The van der Waals surface area contributed by atoms with Gasteiger partial charge in [0.15, 0.2) is 0 Å². The summed E-state index contributed by atoms with van der Waals surface area (Å²) in [5.74, 6) is 0.608. The molecule has 0 aliphatic carbocycles. The van der Waals surface area contributed by atoms with Gasteiger partial charge in [0.1, 0.15) is 5.69 Å². The highest BCUT2D eigenvalue weighted by Gasteiger charge is 2.13. The molecule has 1 aliphatic heterocycles. The minimum absolute atomic E-state index is 0. The van der Waals surface area contributed by atoms with Crippen LogP contribution >= 0.6 is 24.0 Å². The number of rotatable bonds is 4. The van der Waals surface area contributed by atoms with Gasteiger partial charge < -0.3 is 15.6 Å². The van der Waals surface area contributed by atoms with Crippen molar-refractivity contribution in [1.82, 2.24) is 15.6 Å². The first-order valence-electron chi connectivity index (χ1n) is 6.08. The summed E-state index contributed by atoms with van der Waals surface area (Å²) < 4.78 is 0. The molecule has 1 aromatic heterocycles. The minimum atomic E-state index is -0.0827. The molecular weight excluding hydrogens is 273 g/mol. The third kappa shape index (κ3) is 4.52. The number of H-pyrrole nitrogens is 1. The van der Waals surface area contributed by atoms with E-state index in [9.17, 15) is 4.79 Å². The third-order valence-corrected chi connectivity index (χ3v) is 3.35. The number of aromatic nitrogens is 1. The summed E-state index contributed by atoms with van der Waals surface area (Å²) in [4.78, 5) is 14.5. The molecule has 6 heteroatoms. The van der Waals surface area contributed by atoms with E-state index in [-0.39, 0.29) is 18.3 Å². The van der Waals surface area contributed by atoms with E-state index >= 15 is 0 Å². The molecule has 1 saturated heterocycles. The van der Waals surface area contributed by atoms with Gasteiger partial charge in [-0.25, -0.2) is 0 Å². The van der Waals surface area contributed by atoms with Crippen LogP contribution in [0.1, 0.15) is 29.8 Å². The van der Waals surface area contributed by atoms with Gasteiger partial charge in [0.05, 0.1) is 5.02 Å². The van der Waals surface area contributed by atoms with Crippen molar-refractivity contribution in [1.29, 1.82) is 0 Å². The van der Waals surface area contributed by atoms with Gasteiger partial charge in [0, 0.05) is 12.7 Å². The van der Waals surface area contributed by atoms with Crippen molar-refractivity contribution in [2.45, 2.75) is 19.3 Å². The zero-order chi connectivity index (χ0) is 12.1. The number of piperidine rings is 1. The van der Waals surface area contributed by atoms with E-state index < -0.39 is 0 Å². The summed E-state index contributed by atoms with van der Waals surface area (Å²) in [5.41, 5.74) is 0.525. The Labute approximate surface area is 118 Å². The van der Waals surface area contributed by atoms with Crippen LogP contribution in [-0.4, -0.2) is 30.5 Å². The van der Waals surface area contributed by atoms with Gasteiger partial charge in [-0.3, -0.25) is 4.79 Å². The van der Waals surface area contributed by atoms with Crippen LogP contribution in [0, 0.1) is 5.92 Å². The van der Waals surface area contributed by atoms with Gasteiger partial charge in [0.25, 0.3) is 5.91 Å². The zero-order valence-corrected chi connectivity index (χ0v) is 11.7. The van der Waals surface area contributed by atoms with Gasteiger partial charge in [-0.05, 0) is 44.3 Å². The molecule has 0 aromatic carbocycles. The summed E-state index contributed by atoms with van der Waals surface area (Å²) in [5, 5.41) is 6.84. The number of amides is 1. The largest absolute Gasteiger partial charge is 0.356 e. The first-order valence-corrected chi connectivity index (χ1v) is 6.46. The van der Waals surface area contributed by atoms with E-state index in [4.69, 9.17) is 11.6 Å². The number of carbonyl (C=O) groups is 1. The molecule has 0 radical (unpaired) electrons. The highest BCUT2D eigenvalue weighted by molar-refractivity contribution is 6.30. The monoisotopic (exact) mass is 291 g/mol. The Bertz CT molecular complexity index is 375. The van der Waals surface area contributed by atoms with Gasteiger partial charge in [-0.1, -0.05) is 11.6 Å². The van der Waals surface area contributed by atoms with Gasteiger partial charge in [0.2, 0.25) is 0 Å². The SMILES string of the molecule is Cl.O=C(NCCC1CCCNC1)c1cc(Cl)c[nH]1. The highest BCUT2D eigenvalue weighted by atomic mass is 35.5. The molecule has 1 atom stereocenters. The van der Waals surface area contributed by atoms with Crippen LogP contribution in [0.3, 0.4) is 0 Å². The standard InChI is InChI=1S/C12H18ClN3O.ClH/c13-10-6-11(16-8-10)12(17)15-5-3-9-2-1-4-14-7-9;/h6,8-9,14,16H,1-5,7H2,(H,15,17);1H. The molecule has 3 N–H and O–H groups in total. The molecule has 1 amide bonds. The van der Waals surface area contributed by atoms with E-state index in [0.29, 0.717) is 16.6 Å². The van der Waals surface area contributed by atoms with Crippen molar-refractivity contribution >= 4 is 29.9 Å². The molecular formula is C12H19Cl2N3O. The molecule has 1 aromatic rings. The van der Waals surface area contributed by atoms with E-state index in [0.717, 1.165) is 26.1 Å². The Morgan fingerprint density at radius 1 is 1.56 bits per heavy atom. The molecule has 4 nitrogen and oxygen atoms in total. The lowest BCUT2D eigenvalue weighted by atomic mass is 9.96. The lowest BCUT2D eigenvalue weighted by molar-refractivity contribution is 0.0946. The number of aromatic amines is 1. The van der Waals surface area contributed by atoms with Crippen LogP contribution in [0.4, 0.5) is 0 Å². The maximum Gasteiger partial charge on any atom is 0.267 e. The maximum atomic E-state index is 11.7. The number of nitrogens with one attached hydrogen (secondary N) is 3. The lowest BCUT2D eigenvalue weighted by Crippen LogP contribution is -2.33. The smallest absolute Gasteiger partial charge is 0.267 e. The van der Waals surface area contributed by atoms with Crippen LogP contribution in [0.2, 0.25) is 5.02 Å². The Morgan fingerprint density at radius 2 is 2.39 bits per heavy atom. The fourth-order valence-corrected chi connectivity index (χ4v) is 2.32. The first kappa shape index (κ1) is 15.3. The quantitative estimate of drug-likeness (QED) is 0.797. The van der Waals surface area contributed by atoms with Crippen LogP contribution < -0.4 is 10.6 Å². The number of carbonyl (C=O) groups excluding carboxylic acids is 1. The van der Waals surface area contributed by atoms with E-state index in [1.54, 1.807) is 12.3 Å². The second-order valence-electron chi connectivity index (χ2n) is 4.49. The predicted octanol–water partition coefficient (Wildman–Crippen LogP) is 2.21. The fraction of sp³-hybridized carbons (Fsp3) is 0.583. The molecule has 1 unspecified atom stereocenters. The molecule has 102 valence electrons. The van der Waals surface area contributed by atoms with Crippen LogP contribution in [0.15, 0.2) is 12.3 Å². The van der Waals surface area contributed by atoms with Gasteiger partial charge in [-0.2, -0.15) is 0 Å².